The molecule has 0 radical (unpaired) electrons. The van der Waals surface area contributed by atoms with Gasteiger partial charge in [-0.05, 0) is 55.4 Å². The maximum atomic E-state index is 5.41. The van der Waals surface area contributed by atoms with Gasteiger partial charge in [-0.15, -0.1) is 0 Å². The van der Waals surface area contributed by atoms with Crippen molar-refractivity contribution in [2.75, 3.05) is 27.7 Å². The first-order valence-corrected chi connectivity index (χ1v) is 7.37. The smallest absolute Gasteiger partial charge is 0.119 e. The molecule has 3 rings (SSSR count). The summed E-state index contributed by atoms with van der Waals surface area (Å²) >= 11 is 0. The second-order valence-electron chi connectivity index (χ2n) is 6.26. The van der Waals surface area contributed by atoms with E-state index in [1.54, 1.807) is 7.11 Å². The molecule has 2 aromatic rings. The van der Waals surface area contributed by atoms with E-state index in [-0.39, 0.29) is 0 Å². The monoisotopic (exact) mass is 269 g/mol. The van der Waals surface area contributed by atoms with Crippen molar-refractivity contribution in [3.05, 3.63) is 42.0 Å². The number of ether oxygens (including phenoxy) is 1. The van der Waals surface area contributed by atoms with Gasteiger partial charge in [-0.1, -0.05) is 30.7 Å². The van der Waals surface area contributed by atoms with Crippen LogP contribution in [0.15, 0.2) is 36.4 Å². The van der Waals surface area contributed by atoms with E-state index in [0.29, 0.717) is 5.41 Å². The van der Waals surface area contributed by atoms with E-state index in [4.69, 9.17) is 4.74 Å². The van der Waals surface area contributed by atoms with Crippen molar-refractivity contribution in [3.63, 3.8) is 0 Å². The van der Waals surface area contributed by atoms with Gasteiger partial charge in [0.05, 0.1) is 7.11 Å². The minimum atomic E-state index is 0.329. The van der Waals surface area contributed by atoms with Crippen LogP contribution in [0.3, 0.4) is 0 Å². The first-order valence-electron chi connectivity index (χ1n) is 7.37. The van der Waals surface area contributed by atoms with E-state index in [2.05, 4.69) is 49.3 Å². The van der Waals surface area contributed by atoms with Crippen LogP contribution in [0.4, 0.5) is 0 Å². The van der Waals surface area contributed by atoms with Crippen LogP contribution in [0.1, 0.15) is 24.8 Å². The Kier molecular flexibility index (Phi) is 3.43. The fourth-order valence-electron chi connectivity index (χ4n) is 3.56. The molecule has 0 aromatic heterocycles. The summed E-state index contributed by atoms with van der Waals surface area (Å²) in [6.45, 7) is 1.13. The third-order valence-corrected chi connectivity index (χ3v) is 4.59. The minimum absolute atomic E-state index is 0.329. The Morgan fingerprint density at radius 1 is 1.15 bits per heavy atom. The standard InChI is InChI=1S/C18H23NO/c1-19(2)13-18(10-5-11-18)17-7-4-6-14-8-9-15(20-3)12-16(14)17/h4,6-9,12H,5,10-11,13H2,1-3H3. The largest absolute Gasteiger partial charge is 0.497 e. The molecule has 0 bridgehead atoms. The first-order chi connectivity index (χ1) is 9.64. The highest BCUT2D eigenvalue weighted by Crippen LogP contribution is 2.46. The molecule has 2 nitrogen and oxygen atoms in total. The molecular formula is C18H23NO. The number of methoxy groups -OCH3 is 1. The quantitative estimate of drug-likeness (QED) is 0.836. The van der Waals surface area contributed by atoms with E-state index in [0.717, 1.165) is 12.3 Å². The molecule has 0 saturated heterocycles. The molecular weight excluding hydrogens is 246 g/mol. The first kappa shape index (κ1) is 13.4. The summed E-state index contributed by atoms with van der Waals surface area (Å²) in [5, 5.41) is 2.67. The average Bonchev–Trinajstić information content (AvgIpc) is 2.41. The topological polar surface area (TPSA) is 12.5 Å². The van der Waals surface area contributed by atoms with Gasteiger partial charge in [0.2, 0.25) is 0 Å². The van der Waals surface area contributed by atoms with Crippen LogP contribution in [0.5, 0.6) is 5.75 Å². The number of fused-ring (bicyclic) bond motifs is 1. The number of rotatable bonds is 4. The number of likely N-dealkylation sites (N-methyl/N-ethyl adjacent to an activating group) is 1. The molecule has 0 unspecified atom stereocenters. The summed E-state index contributed by atoms with van der Waals surface area (Å²) in [5.74, 6) is 0.948. The normalized spacial score (nSPS) is 17.2. The second kappa shape index (κ2) is 5.10. The third kappa shape index (κ3) is 2.18. The van der Waals surface area contributed by atoms with E-state index in [9.17, 15) is 0 Å². The molecule has 0 aliphatic heterocycles. The van der Waals surface area contributed by atoms with Gasteiger partial charge in [-0.25, -0.2) is 0 Å². The Balaban J connectivity index is 2.14. The molecule has 0 N–H and O–H groups in total. The van der Waals surface area contributed by atoms with Crippen LogP contribution < -0.4 is 4.74 Å². The van der Waals surface area contributed by atoms with Gasteiger partial charge in [-0.3, -0.25) is 0 Å². The van der Waals surface area contributed by atoms with Crippen LogP contribution in [0, 0.1) is 0 Å². The lowest BCUT2D eigenvalue weighted by molar-refractivity contribution is 0.179. The molecule has 0 atom stereocenters. The van der Waals surface area contributed by atoms with Crippen LogP contribution in [0.25, 0.3) is 10.8 Å². The van der Waals surface area contributed by atoms with Crippen molar-refractivity contribution in [2.24, 2.45) is 0 Å². The average molecular weight is 269 g/mol. The highest BCUT2D eigenvalue weighted by atomic mass is 16.5. The number of hydrogen-bond acceptors (Lipinski definition) is 2. The summed E-state index contributed by atoms with van der Waals surface area (Å²) in [6, 6.07) is 13.1. The van der Waals surface area contributed by atoms with E-state index in [1.807, 2.05) is 6.07 Å². The zero-order valence-electron chi connectivity index (χ0n) is 12.6. The molecule has 1 saturated carbocycles. The molecule has 106 valence electrons. The molecule has 0 spiro atoms. The highest BCUT2D eigenvalue weighted by molar-refractivity contribution is 5.88. The molecule has 20 heavy (non-hydrogen) atoms. The predicted molar refractivity (Wildman–Crippen MR) is 84.6 cm³/mol. The van der Waals surface area contributed by atoms with Crippen LogP contribution >= 0.6 is 0 Å². The minimum Gasteiger partial charge on any atom is -0.497 e. The third-order valence-electron chi connectivity index (χ3n) is 4.59. The van der Waals surface area contributed by atoms with E-state index in [1.165, 1.54) is 35.6 Å². The number of nitrogens with zero attached hydrogens (tertiary/aromatic N) is 1. The predicted octanol–water partition coefficient (Wildman–Crippen LogP) is 3.83. The fraction of sp³-hybridized carbons (Fsp3) is 0.444. The molecule has 0 amide bonds. The lowest BCUT2D eigenvalue weighted by atomic mass is 9.63. The van der Waals surface area contributed by atoms with Crippen molar-refractivity contribution < 1.29 is 4.74 Å². The molecule has 1 aliphatic rings. The zero-order chi connectivity index (χ0) is 14.2. The summed E-state index contributed by atoms with van der Waals surface area (Å²) in [4.78, 5) is 2.32. The van der Waals surface area contributed by atoms with Crippen molar-refractivity contribution in [1.29, 1.82) is 0 Å². The van der Waals surface area contributed by atoms with Gasteiger partial charge in [0.1, 0.15) is 5.75 Å². The van der Waals surface area contributed by atoms with Crippen molar-refractivity contribution >= 4 is 10.8 Å². The lowest BCUT2D eigenvalue weighted by Gasteiger charge is -2.45. The Morgan fingerprint density at radius 3 is 2.55 bits per heavy atom. The summed E-state index contributed by atoms with van der Waals surface area (Å²) in [6.07, 6.45) is 3.93. The van der Waals surface area contributed by atoms with E-state index >= 15 is 0 Å². The lowest BCUT2D eigenvalue weighted by Crippen LogP contribution is -2.43. The molecule has 2 aromatic carbocycles. The van der Waals surface area contributed by atoms with Gasteiger partial charge in [0.15, 0.2) is 0 Å². The Labute approximate surface area is 121 Å². The molecule has 1 fully saturated rings. The highest BCUT2D eigenvalue weighted by Gasteiger charge is 2.39. The number of hydrogen-bond donors (Lipinski definition) is 0. The maximum Gasteiger partial charge on any atom is 0.119 e. The van der Waals surface area contributed by atoms with Crippen LogP contribution in [-0.2, 0) is 5.41 Å². The number of benzene rings is 2. The Hall–Kier alpha value is -1.54. The Bertz CT molecular complexity index is 614. The van der Waals surface area contributed by atoms with Crippen molar-refractivity contribution in [2.45, 2.75) is 24.7 Å². The molecule has 2 heteroatoms. The SMILES string of the molecule is COc1ccc2cccc(C3(CN(C)C)CCC3)c2c1. The van der Waals surface area contributed by atoms with Gasteiger partial charge < -0.3 is 9.64 Å². The zero-order valence-corrected chi connectivity index (χ0v) is 12.6. The van der Waals surface area contributed by atoms with Crippen molar-refractivity contribution in [3.8, 4) is 5.75 Å². The van der Waals surface area contributed by atoms with Crippen LogP contribution in [0.2, 0.25) is 0 Å². The summed E-state index contributed by atoms with van der Waals surface area (Å²) in [7, 11) is 6.08. The summed E-state index contributed by atoms with van der Waals surface area (Å²) in [5.41, 5.74) is 1.82. The Morgan fingerprint density at radius 2 is 1.95 bits per heavy atom. The van der Waals surface area contributed by atoms with E-state index < -0.39 is 0 Å². The van der Waals surface area contributed by atoms with Crippen molar-refractivity contribution in [1.82, 2.24) is 4.90 Å². The fourth-order valence-corrected chi connectivity index (χ4v) is 3.56. The maximum absolute atomic E-state index is 5.41. The summed E-state index contributed by atoms with van der Waals surface area (Å²) < 4.78 is 5.41. The van der Waals surface area contributed by atoms with Gasteiger partial charge in [-0.2, -0.15) is 0 Å². The van der Waals surface area contributed by atoms with Crippen LogP contribution in [-0.4, -0.2) is 32.6 Å². The molecule has 0 heterocycles. The van der Waals surface area contributed by atoms with Gasteiger partial charge in [0.25, 0.3) is 0 Å². The second-order valence-corrected chi connectivity index (χ2v) is 6.26. The van der Waals surface area contributed by atoms with Gasteiger partial charge >= 0.3 is 0 Å². The molecule has 1 aliphatic carbocycles. The van der Waals surface area contributed by atoms with Gasteiger partial charge in [0, 0.05) is 12.0 Å².